The van der Waals surface area contributed by atoms with Gasteiger partial charge in [-0.2, -0.15) is 0 Å². The van der Waals surface area contributed by atoms with Gasteiger partial charge in [0.2, 0.25) is 0 Å². The number of H-pyrrole nitrogens is 1. The molecule has 136 valence electrons. The third-order valence-corrected chi connectivity index (χ3v) is 4.34. The van der Waals surface area contributed by atoms with Crippen LogP contribution >= 0.6 is 0 Å². The maximum atomic E-state index is 12.6. The molecule has 1 unspecified atom stereocenters. The minimum Gasteiger partial charge on any atom is -0.374 e. The molecule has 0 saturated carbocycles. The van der Waals surface area contributed by atoms with Gasteiger partial charge < -0.3 is 14.7 Å². The van der Waals surface area contributed by atoms with Crippen molar-refractivity contribution in [1.29, 1.82) is 0 Å². The topological polar surface area (TPSA) is 70.0 Å². The zero-order valence-electron chi connectivity index (χ0n) is 15.4. The van der Waals surface area contributed by atoms with Crippen LogP contribution in [0.15, 0.2) is 59.7 Å². The SMILES string of the molecule is C/C=C/Cn1cc(-c2cccc(C(O)NC(C)C)c2)c2cc[nH]c2c1=O. The Bertz CT molecular complexity index is 982. The summed E-state index contributed by atoms with van der Waals surface area (Å²) in [5.41, 5.74) is 3.28. The molecular weight excluding hydrogens is 326 g/mol. The molecule has 3 N–H and O–H groups in total. The lowest BCUT2D eigenvalue weighted by Gasteiger charge is -2.17. The summed E-state index contributed by atoms with van der Waals surface area (Å²) in [4.78, 5) is 15.7. The predicted molar refractivity (Wildman–Crippen MR) is 106 cm³/mol. The van der Waals surface area contributed by atoms with E-state index in [1.54, 1.807) is 10.8 Å². The zero-order chi connectivity index (χ0) is 18.7. The number of hydrogen-bond acceptors (Lipinski definition) is 3. The molecule has 0 radical (unpaired) electrons. The third kappa shape index (κ3) is 3.64. The Hall–Kier alpha value is -2.63. The summed E-state index contributed by atoms with van der Waals surface area (Å²) in [5, 5.41) is 14.4. The van der Waals surface area contributed by atoms with Gasteiger partial charge in [-0.15, -0.1) is 0 Å². The minimum absolute atomic E-state index is 0.0375. The first-order chi connectivity index (χ1) is 12.5. The van der Waals surface area contributed by atoms with E-state index in [2.05, 4.69) is 10.3 Å². The van der Waals surface area contributed by atoms with Gasteiger partial charge in [-0.3, -0.25) is 10.1 Å². The van der Waals surface area contributed by atoms with Crippen LogP contribution in [0, 0.1) is 0 Å². The van der Waals surface area contributed by atoms with Crippen molar-refractivity contribution in [2.75, 3.05) is 0 Å². The second-order valence-corrected chi connectivity index (χ2v) is 6.69. The summed E-state index contributed by atoms with van der Waals surface area (Å²) in [7, 11) is 0. The minimum atomic E-state index is -0.731. The molecule has 0 amide bonds. The van der Waals surface area contributed by atoms with Gasteiger partial charge in [-0.25, -0.2) is 0 Å². The highest BCUT2D eigenvalue weighted by Gasteiger charge is 2.14. The molecule has 5 heteroatoms. The number of hydrogen-bond donors (Lipinski definition) is 3. The van der Waals surface area contributed by atoms with Crippen molar-refractivity contribution in [2.24, 2.45) is 0 Å². The molecule has 0 fully saturated rings. The smallest absolute Gasteiger partial charge is 0.275 e. The lowest BCUT2D eigenvalue weighted by molar-refractivity contribution is 0.129. The molecule has 3 rings (SSSR count). The monoisotopic (exact) mass is 351 g/mol. The molecule has 3 aromatic rings. The van der Waals surface area contributed by atoms with E-state index in [0.717, 1.165) is 22.1 Å². The van der Waals surface area contributed by atoms with Gasteiger partial charge in [0.15, 0.2) is 0 Å². The lowest BCUT2D eigenvalue weighted by atomic mass is 10.0. The Morgan fingerprint density at radius 3 is 2.85 bits per heavy atom. The van der Waals surface area contributed by atoms with E-state index in [-0.39, 0.29) is 11.6 Å². The van der Waals surface area contributed by atoms with Crippen LogP contribution < -0.4 is 10.9 Å². The van der Waals surface area contributed by atoms with Crippen molar-refractivity contribution >= 4 is 10.9 Å². The fraction of sp³-hybridized carbons (Fsp3) is 0.286. The Kier molecular flexibility index (Phi) is 5.40. The molecular formula is C21H25N3O2. The second kappa shape index (κ2) is 7.72. The maximum Gasteiger partial charge on any atom is 0.275 e. The first-order valence-electron chi connectivity index (χ1n) is 8.87. The number of aromatic nitrogens is 2. The van der Waals surface area contributed by atoms with E-state index in [9.17, 15) is 9.90 Å². The molecule has 2 heterocycles. The van der Waals surface area contributed by atoms with Crippen molar-refractivity contribution in [3.05, 3.63) is 70.8 Å². The highest BCUT2D eigenvalue weighted by atomic mass is 16.3. The number of nitrogens with one attached hydrogen (secondary N) is 2. The van der Waals surface area contributed by atoms with Crippen LogP contribution in [0.1, 0.15) is 32.6 Å². The van der Waals surface area contributed by atoms with Crippen LogP contribution in [0.25, 0.3) is 22.0 Å². The van der Waals surface area contributed by atoms with E-state index < -0.39 is 6.23 Å². The fourth-order valence-electron chi connectivity index (χ4n) is 3.07. The molecule has 0 spiro atoms. The van der Waals surface area contributed by atoms with Gasteiger partial charge in [0.25, 0.3) is 5.56 Å². The predicted octanol–water partition coefficient (Wildman–Crippen LogP) is 3.56. The van der Waals surface area contributed by atoms with Crippen molar-refractivity contribution < 1.29 is 5.11 Å². The number of rotatable bonds is 6. The molecule has 0 saturated heterocycles. The van der Waals surface area contributed by atoms with Crippen molar-refractivity contribution in [3.63, 3.8) is 0 Å². The molecule has 1 aromatic carbocycles. The van der Waals surface area contributed by atoms with Gasteiger partial charge in [0.05, 0.1) is 0 Å². The van der Waals surface area contributed by atoms with Crippen LogP contribution in [-0.2, 0) is 6.54 Å². The molecule has 26 heavy (non-hydrogen) atoms. The second-order valence-electron chi connectivity index (χ2n) is 6.69. The molecule has 5 nitrogen and oxygen atoms in total. The first-order valence-corrected chi connectivity index (χ1v) is 8.87. The summed E-state index contributed by atoms with van der Waals surface area (Å²) in [6, 6.07) is 9.88. The lowest BCUT2D eigenvalue weighted by Crippen LogP contribution is -2.27. The molecule has 2 aromatic heterocycles. The summed E-state index contributed by atoms with van der Waals surface area (Å²) < 4.78 is 1.70. The summed E-state index contributed by atoms with van der Waals surface area (Å²) in [6.45, 7) is 6.45. The van der Waals surface area contributed by atoms with Gasteiger partial charge in [0.1, 0.15) is 11.7 Å². The van der Waals surface area contributed by atoms with Gasteiger partial charge in [-0.05, 0) is 44.0 Å². The van der Waals surface area contributed by atoms with Crippen LogP contribution in [0.2, 0.25) is 0 Å². The van der Waals surface area contributed by atoms with Crippen LogP contribution in [-0.4, -0.2) is 20.7 Å². The van der Waals surface area contributed by atoms with E-state index in [0.29, 0.717) is 12.1 Å². The highest BCUT2D eigenvalue weighted by Crippen LogP contribution is 2.28. The van der Waals surface area contributed by atoms with Crippen LogP contribution in [0.4, 0.5) is 0 Å². The summed E-state index contributed by atoms with van der Waals surface area (Å²) >= 11 is 0. The van der Waals surface area contributed by atoms with E-state index >= 15 is 0 Å². The fourth-order valence-corrected chi connectivity index (χ4v) is 3.07. The van der Waals surface area contributed by atoms with E-state index in [1.807, 2.05) is 69.5 Å². The average Bonchev–Trinajstić information content (AvgIpc) is 3.11. The first kappa shape index (κ1) is 18.2. The summed E-state index contributed by atoms with van der Waals surface area (Å²) in [6.07, 6.45) is 6.83. The van der Waals surface area contributed by atoms with Gasteiger partial charge >= 0.3 is 0 Å². The quantitative estimate of drug-likeness (QED) is 0.470. The number of allylic oxidation sites excluding steroid dienone is 2. The Morgan fingerprint density at radius 1 is 1.31 bits per heavy atom. The molecule has 0 aliphatic rings. The van der Waals surface area contributed by atoms with Crippen molar-refractivity contribution in [2.45, 2.75) is 39.6 Å². The number of benzene rings is 1. The van der Waals surface area contributed by atoms with Crippen LogP contribution in [0.5, 0.6) is 0 Å². The van der Waals surface area contributed by atoms with Crippen LogP contribution in [0.3, 0.4) is 0 Å². The molecule has 0 aliphatic carbocycles. The molecule has 0 aliphatic heterocycles. The zero-order valence-corrected chi connectivity index (χ0v) is 15.4. The Morgan fingerprint density at radius 2 is 2.12 bits per heavy atom. The van der Waals surface area contributed by atoms with Gasteiger partial charge in [0, 0.05) is 35.9 Å². The standard InChI is InChI=1S/C21H25N3O2/c1-4-5-11-24-13-18(17-9-10-22-19(17)21(24)26)15-7-6-8-16(12-15)20(25)23-14(2)3/h4-10,12-14,20,22-23,25H,11H2,1-3H3/b5-4+. The van der Waals surface area contributed by atoms with E-state index in [4.69, 9.17) is 0 Å². The Balaban J connectivity index is 2.12. The highest BCUT2D eigenvalue weighted by molar-refractivity contribution is 5.94. The Labute approximate surface area is 153 Å². The summed E-state index contributed by atoms with van der Waals surface area (Å²) in [5.74, 6) is 0. The third-order valence-electron chi connectivity index (χ3n) is 4.34. The number of nitrogens with zero attached hydrogens (tertiary/aromatic N) is 1. The maximum absolute atomic E-state index is 12.6. The normalized spacial score (nSPS) is 13.1. The van der Waals surface area contributed by atoms with Crippen molar-refractivity contribution in [3.8, 4) is 11.1 Å². The number of fused-ring (bicyclic) bond motifs is 1. The largest absolute Gasteiger partial charge is 0.374 e. The molecule has 1 atom stereocenters. The van der Waals surface area contributed by atoms with Gasteiger partial charge in [-0.1, -0.05) is 30.4 Å². The van der Waals surface area contributed by atoms with E-state index in [1.165, 1.54) is 0 Å². The van der Waals surface area contributed by atoms with Crippen molar-refractivity contribution in [1.82, 2.24) is 14.9 Å². The number of aromatic amines is 1. The average molecular weight is 351 g/mol. The number of aliphatic hydroxyl groups is 1. The number of aliphatic hydroxyl groups excluding tert-OH is 1. The molecule has 0 bridgehead atoms. The number of pyridine rings is 1.